The summed E-state index contributed by atoms with van der Waals surface area (Å²) in [6.07, 6.45) is 4.32. The molecule has 0 aromatic heterocycles. The van der Waals surface area contributed by atoms with Crippen molar-refractivity contribution in [1.82, 2.24) is 0 Å². The molecule has 0 saturated heterocycles. The summed E-state index contributed by atoms with van der Waals surface area (Å²) in [5, 5.41) is 18.0. The van der Waals surface area contributed by atoms with Gasteiger partial charge in [-0.15, -0.1) is 0 Å². The van der Waals surface area contributed by atoms with Crippen molar-refractivity contribution in [3.8, 4) is 5.75 Å². The Morgan fingerprint density at radius 3 is 2.73 bits per heavy atom. The Labute approximate surface area is 88.7 Å². The molecule has 0 fully saturated rings. The van der Waals surface area contributed by atoms with Crippen molar-refractivity contribution in [2.24, 2.45) is 0 Å². The number of aromatic hydroxyl groups is 1. The second kappa shape index (κ2) is 5.20. The van der Waals surface area contributed by atoms with Crippen molar-refractivity contribution in [1.29, 1.82) is 0 Å². The number of phenols is 1. The topological polar surface area (TPSA) is 57.5 Å². The Kier molecular flexibility index (Phi) is 3.92. The van der Waals surface area contributed by atoms with E-state index in [4.69, 9.17) is 5.11 Å². The highest BCUT2D eigenvalue weighted by atomic mass is 16.4. The average Bonchev–Trinajstić information content (AvgIpc) is 2.17. The quantitative estimate of drug-likeness (QED) is 0.744. The maximum absolute atomic E-state index is 10.3. The van der Waals surface area contributed by atoms with Gasteiger partial charge in [-0.2, -0.15) is 0 Å². The normalized spacial score (nSPS) is 10.7. The van der Waals surface area contributed by atoms with E-state index in [1.165, 1.54) is 6.08 Å². The summed E-state index contributed by atoms with van der Waals surface area (Å²) in [5.41, 5.74) is 1.58. The molecule has 2 N–H and O–H groups in total. The van der Waals surface area contributed by atoms with Crippen molar-refractivity contribution in [2.45, 2.75) is 19.8 Å². The summed E-state index contributed by atoms with van der Waals surface area (Å²) in [7, 11) is 0. The van der Waals surface area contributed by atoms with Gasteiger partial charge in [0.1, 0.15) is 5.75 Å². The maximum atomic E-state index is 10.3. The Hall–Kier alpha value is -1.77. The van der Waals surface area contributed by atoms with Crippen LogP contribution in [0.5, 0.6) is 5.75 Å². The summed E-state index contributed by atoms with van der Waals surface area (Å²) in [5.74, 6) is -0.898. The van der Waals surface area contributed by atoms with Crippen LogP contribution in [0, 0.1) is 0 Å². The summed E-state index contributed by atoms with van der Waals surface area (Å²) < 4.78 is 0. The molecule has 1 rings (SSSR count). The van der Waals surface area contributed by atoms with Crippen molar-refractivity contribution >= 4 is 12.0 Å². The monoisotopic (exact) mass is 206 g/mol. The molecule has 0 unspecified atom stereocenters. The molecular weight excluding hydrogens is 192 g/mol. The van der Waals surface area contributed by atoms with Crippen molar-refractivity contribution < 1.29 is 15.0 Å². The fourth-order valence-corrected chi connectivity index (χ4v) is 1.34. The number of aliphatic carboxylic acids is 1. The van der Waals surface area contributed by atoms with Crippen LogP contribution in [0.3, 0.4) is 0 Å². The smallest absolute Gasteiger partial charge is 0.328 e. The Balaban J connectivity index is 2.88. The van der Waals surface area contributed by atoms with Crippen LogP contribution in [0.2, 0.25) is 0 Å². The molecule has 1 aromatic rings. The van der Waals surface area contributed by atoms with Gasteiger partial charge >= 0.3 is 5.97 Å². The summed E-state index contributed by atoms with van der Waals surface area (Å²) in [6, 6.07) is 5.29. The number of rotatable bonds is 4. The van der Waals surface area contributed by atoms with Crippen molar-refractivity contribution in [2.75, 3.05) is 0 Å². The van der Waals surface area contributed by atoms with Gasteiger partial charge in [-0.25, -0.2) is 4.79 Å². The number of hydrogen-bond acceptors (Lipinski definition) is 2. The first-order valence-corrected chi connectivity index (χ1v) is 4.86. The molecule has 80 valence electrons. The largest absolute Gasteiger partial charge is 0.507 e. The fourth-order valence-electron chi connectivity index (χ4n) is 1.34. The lowest BCUT2D eigenvalue weighted by atomic mass is 10.1. The number of phenolic OH excluding ortho intramolecular Hbond substituents is 1. The summed E-state index contributed by atoms with van der Waals surface area (Å²) >= 11 is 0. The van der Waals surface area contributed by atoms with Crippen LogP contribution in [-0.2, 0) is 11.2 Å². The molecule has 0 amide bonds. The standard InChI is InChI=1S/C12H14O3/c1-2-3-9-4-5-10(11(13)8-9)6-7-12(14)15/h4-8,13H,2-3H2,1H3,(H,14,15). The van der Waals surface area contributed by atoms with Crippen LogP contribution in [0.4, 0.5) is 0 Å². The van der Waals surface area contributed by atoms with Gasteiger partial charge in [0.15, 0.2) is 0 Å². The highest BCUT2D eigenvalue weighted by Gasteiger charge is 1.99. The molecule has 0 spiro atoms. The fraction of sp³-hybridized carbons (Fsp3) is 0.250. The Morgan fingerprint density at radius 2 is 2.20 bits per heavy atom. The predicted molar refractivity (Wildman–Crippen MR) is 58.8 cm³/mol. The lowest BCUT2D eigenvalue weighted by Gasteiger charge is -2.02. The van der Waals surface area contributed by atoms with E-state index in [1.54, 1.807) is 12.1 Å². The lowest BCUT2D eigenvalue weighted by Crippen LogP contribution is -1.87. The maximum Gasteiger partial charge on any atom is 0.328 e. The first-order chi connectivity index (χ1) is 7.13. The van der Waals surface area contributed by atoms with E-state index in [-0.39, 0.29) is 5.75 Å². The molecule has 15 heavy (non-hydrogen) atoms. The van der Waals surface area contributed by atoms with E-state index in [0.29, 0.717) is 5.56 Å². The van der Waals surface area contributed by atoms with E-state index in [2.05, 4.69) is 6.92 Å². The molecule has 0 atom stereocenters. The number of hydrogen-bond donors (Lipinski definition) is 2. The number of carboxylic acids is 1. The third kappa shape index (κ3) is 3.46. The van der Waals surface area contributed by atoms with Crippen LogP contribution in [-0.4, -0.2) is 16.2 Å². The van der Waals surface area contributed by atoms with E-state index >= 15 is 0 Å². The van der Waals surface area contributed by atoms with Gasteiger partial charge in [0.2, 0.25) is 0 Å². The minimum atomic E-state index is -1.02. The highest BCUT2D eigenvalue weighted by Crippen LogP contribution is 2.20. The van der Waals surface area contributed by atoms with Gasteiger partial charge in [0, 0.05) is 11.6 Å². The highest BCUT2D eigenvalue weighted by molar-refractivity contribution is 5.85. The SMILES string of the molecule is CCCc1ccc(C=CC(=O)O)c(O)c1. The zero-order valence-corrected chi connectivity index (χ0v) is 8.60. The van der Waals surface area contributed by atoms with Crippen LogP contribution < -0.4 is 0 Å². The van der Waals surface area contributed by atoms with E-state index in [1.807, 2.05) is 6.07 Å². The molecule has 3 nitrogen and oxygen atoms in total. The first-order valence-electron chi connectivity index (χ1n) is 4.86. The zero-order valence-electron chi connectivity index (χ0n) is 8.60. The van der Waals surface area contributed by atoms with Crippen LogP contribution >= 0.6 is 0 Å². The van der Waals surface area contributed by atoms with Crippen LogP contribution in [0.15, 0.2) is 24.3 Å². The third-order valence-corrected chi connectivity index (χ3v) is 2.04. The minimum absolute atomic E-state index is 0.124. The second-order valence-corrected chi connectivity index (χ2v) is 3.31. The molecular formula is C12H14O3. The summed E-state index contributed by atoms with van der Waals surface area (Å²) in [6.45, 7) is 2.06. The van der Waals surface area contributed by atoms with Gasteiger partial charge in [-0.1, -0.05) is 25.5 Å². The molecule has 0 radical (unpaired) electrons. The van der Waals surface area contributed by atoms with Crippen LogP contribution in [0.25, 0.3) is 6.08 Å². The molecule has 0 bridgehead atoms. The zero-order chi connectivity index (χ0) is 11.3. The van der Waals surface area contributed by atoms with E-state index in [0.717, 1.165) is 24.5 Å². The van der Waals surface area contributed by atoms with Gasteiger partial charge in [0.05, 0.1) is 0 Å². The van der Waals surface area contributed by atoms with Crippen molar-refractivity contribution in [3.63, 3.8) is 0 Å². The minimum Gasteiger partial charge on any atom is -0.507 e. The van der Waals surface area contributed by atoms with E-state index < -0.39 is 5.97 Å². The number of benzene rings is 1. The van der Waals surface area contributed by atoms with E-state index in [9.17, 15) is 9.90 Å². The van der Waals surface area contributed by atoms with Crippen LogP contribution in [0.1, 0.15) is 24.5 Å². The molecule has 3 heteroatoms. The van der Waals surface area contributed by atoms with Gasteiger partial charge in [-0.3, -0.25) is 0 Å². The predicted octanol–water partition coefficient (Wildman–Crippen LogP) is 2.44. The van der Waals surface area contributed by atoms with Gasteiger partial charge < -0.3 is 10.2 Å². The molecule has 1 aromatic carbocycles. The molecule has 0 aliphatic heterocycles. The van der Waals surface area contributed by atoms with Gasteiger partial charge in [0.25, 0.3) is 0 Å². The Bertz CT molecular complexity index is 380. The lowest BCUT2D eigenvalue weighted by molar-refractivity contribution is -0.131. The molecule has 0 aliphatic rings. The first kappa shape index (κ1) is 11.3. The average molecular weight is 206 g/mol. The summed E-state index contributed by atoms with van der Waals surface area (Å²) in [4.78, 5) is 10.3. The van der Waals surface area contributed by atoms with Gasteiger partial charge in [-0.05, 0) is 24.1 Å². The molecule has 0 aliphatic carbocycles. The number of carboxylic acid groups (broad SMARTS) is 1. The second-order valence-electron chi connectivity index (χ2n) is 3.31. The number of carbonyl (C=O) groups is 1. The third-order valence-electron chi connectivity index (χ3n) is 2.04. The molecule has 0 saturated carbocycles. The number of aryl methyl sites for hydroxylation is 1. The Morgan fingerprint density at radius 1 is 1.47 bits per heavy atom. The molecule has 0 heterocycles. The van der Waals surface area contributed by atoms with Crippen molar-refractivity contribution in [3.05, 3.63) is 35.4 Å².